The molecule has 2 atom stereocenters. The van der Waals surface area contributed by atoms with Crippen LogP contribution in [0.2, 0.25) is 0 Å². The van der Waals surface area contributed by atoms with Crippen molar-refractivity contribution in [1.82, 2.24) is 15.2 Å². The molecule has 2 unspecified atom stereocenters. The lowest BCUT2D eigenvalue weighted by Gasteiger charge is -2.13. The van der Waals surface area contributed by atoms with Gasteiger partial charge in [-0.25, -0.2) is 0 Å². The van der Waals surface area contributed by atoms with Crippen molar-refractivity contribution in [2.75, 3.05) is 12.0 Å². The van der Waals surface area contributed by atoms with Gasteiger partial charge in [-0.2, -0.15) is 16.9 Å². The second kappa shape index (κ2) is 6.93. The molecule has 0 aliphatic heterocycles. The maximum absolute atomic E-state index is 5.50. The van der Waals surface area contributed by atoms with Crippen molar-refractivity contribution in [2.45, 2.75) is 38.8 Å². The number of aromatic nitrogens is 2. The van der Waals surface area contributed by atoms with Crippen LogP contribution in [0.4, 0.5) is 0 Å². The zero-order valence-electron chi connectivity index (χ0n) is 10.3. The number of hydrazine groups is 1. The molecule has 0 spiro atoms. The van der Waals surface area contributed by atoms with E-state index in [1.165, 1.54) is 0 Å². The number of hydrogen-bond acceptors (Lipinski definition) is 4. The van der Waals surface area contributed by atoms with Gasteiger partial charge in [-0.1, -0.05) is 6.92 Å². The molecule has 0 saturated carbocycles. The van der Waals surface area contributed by atoms with Crippen molar-refractivity contribution in [1.29, 1.82) is 0 Å². The molecule has 16 heavy (non-hydrogen) atoms. The average Bonchev–Trinajstić information content (AvgIpc) is 2.76. The maximum Gasteiger partial charge on any atom is 0.0641 e. The minimum atomic E-state index is 0.301. The molecule has 1 aromatic rings. The maximum atomic E-state index is 5.50. The van der Waals surface area contributed by atoms with E-state index in [-0.39, 0.29) is 0 Å². The molecular formula is C11H22N4S. The van der Waals surface area contributed by atoms with E-state index in [0.29, 0.717) is 12.1 Å². The van der Waals surface area contributed by atoms with Gasteiger partial charge in [0.1, 0.15) is 0 Å². The fourth-order valence-corrected chi connectivity index (χ4v) is 2.15. The quantitative estimate of drug-likeness (QED) is 0.563. The van der Waals surface area contributed by atoms with E-state index in [0.717, 1.165) is 24.3 Å². The molecule has 5 heteroatoms. The van der Waals surface area contributed by atoms with E-state index >= 15 is 0 Å². The Labute approximate surface area is 102 Å². The molecule has 0 aliphatic rings. The number of thioether (sulfide) groups is 1. The highest BCUT2D eigenvalue weighted by atomic mass is 32.2. The summed E-state index contributed by atoms with van der Waals surface area (Å²) in [7, 11) is 0. The Balaban J connectivity index is 2.56. The van der Waals surface area contributed by atoms with Gasteiger partial charge in [-0.05, 0) is 25.7 Å². The van der Waals surface area contributed by atoms with Gasteiger partial charge in [0, 0.05) is 30.5 Å². The van der Waals surface area contributed by atoms with Gasteiger partial charge in [-0.3, -0.25) is 16.0 Å². The molecule has 4 nitrogen and oxygen atoms in total. The summed E-state index contributed by atoms with van der Waals surface area (Å²) in [6.07, 6.45) is 6.13. The molecule has 1 rings (SSSR count). The number of nitrogens with two attached hydrogens (primary N) is 1. The van der Waals surface area contributed by atoms with Crippen molar-refractivity contribution in [3.63, 3.8) is 0 Å². The van der Waals surface area contributed by atoms with Crippen molar-refractivity contribution >= 4 is 11.8 Å². The fraction of sp³-hybridized carbons (Fsp3) is 0.727. The van der Waals surface area contributed by atoms with Crippen LogP contribution in [-0.2, 0) is 6.42 Å². The Morgan fingerprint density at radius 2 is 2.38 bits per heavy atom. The highest BCUT2D eigenvalue weighted by molar-refractivity contribution is 7.98. The van der Waals surface area contributed by atoms with Crippen molar-refractivity contribution in [2.24, 2.45) is 5.84 Å². The molecule has 3 N–H and O–H groups in total. The predicted octanol–water partition coefficient (Wildman–Crippen LogP) is 1.59. The lowest BCUT2D eigenvalue weighted by molar-refractivity contribution is 0.469. The third-order valence-corrected chi connectivity index (χ3v) is 3.50. The Bertz CT molecular complexity index is 300. The lowest BCUT2D eigenvalue weighted by atomic mass is 10.2. The summed E-state index contributed by atoms with van der Waals surface area (Å²) in [6, 6.07) is 2.85. The molecule has 1 aromatic heterocycles. The Morgan fingerprint density at radius 3 is 2.94 bits per heavy atom. The number of nitrogens with one attached hydrogen (secondary N) is 1. The van der Waals surface area contributed by atoms with Gasteiger partial charge < -0.3 is 0 Å². The first-order chi connectivity index (χ1) is 7.71. The number of nitrogens with zero attached hydrogens (tertiary/aromatic N) is 2. The van der Waals surface area contributed by atoms with E-state index in [4.69, 9.17) is 5.84 Å². The smallest absolute Gasteiger partial charge is 0.0641 e. The van der Waals surface area contributed by atoms with Crippen LogP contribution in [0.5, 0.6) is 0 Å². The fourth-order valence-electron chi connectivity index (χ4n) is 1.54. The van der Waals surface area contributed by atoms with E-state index < -0.39 is 0 Å². The van der Waals surface area contributed by atoms with Crippen molar-refractivity contribution < 1.29 is 0 Å². The Hall–Kier alpha value is -0.520. The van der Waals surface area contributed by atoms with E-state index in [1.807, 2.05) is 4.68 Å². The summed E-state index contributed by atoms with van der Waals surface area (Å²) in [5.74, 6) is 6.51. The minimum absolute atomic E-state index is 0.301. The first-order valence-electron chi connectivity index (χ1n) is 5.70. The molecule has 92 valence electrons. The minimum Gasteiger partial charge on any atom is -0.271 e. The summed E-state index contributed by atoms with van der Waals surface area (Å²) in [4.78, 5) is 0. The monoisotopic (exact) mass is 242 g/mol. The van der Waals surface area contributed by atoms with Crippen LogP contribution < -0.4 is 11.3 Å². The first-order valence-corrected chi connectivity index (χ1v) is 7.09. The highest BCUT2D eigenvalue weighted by Gasteiger charge is 2.10. The topological polar surface area (TPSA) is 55.9 Å². The number of hydrogen-bond donors (Lipinski definition) is 2. The average molecular weight is 242 g/mol. The molecular weight excluding hydrogens is 220 g/mol. The van der Waals surface area contributed by atoms with Crippen molar-refractivity contribution in [3.8, 4) is 0 Å². The molecule has 0 radical (unpaired) electrons. The summed E-state index contributed by atoms with van der Waals surface area (Å²) in [5, 5.41) is 4.56. The molecule has 0 amide bonds. The van der Waals surface area contributed by atoms with Gasteiger partial charge >= 0.3 is 0 Å². The summed E-state index contributed by atoms with van der Waals surface area (Å²) in [5.41, 5.74) is 3.94. The van der Waals surface area contributed by atoms with Gasteiger partial charge in [0.05, 0.1) is 5.69 Å². The van der Waals surface area contributed by atoms with Gasteiger partial charge in [0.2, 0.25) is 0 Å². The van der Waals surface area contributed by atoms with Crippen molar-refractivity contribution in [3.05, 3.63) is 18.0 Å². The van der Waals surface area contributed by atoms with Gasteiger partial charge in [0.15, 0.2) is 0 Å². The highest BCUT2D eigenvalue weighted by Crippen LogP contribution is 2.11. The standard InChI is InChI=1S/C11H22N4S/c1-4-9(2)15-6-5-10(14-15)7-11(13-12)8-16-3/h5-6,9,11,13H,4,7-8,12H2,1-3H3. The third kappa shape index (κ3) is 3.81. The molecule has 0 bridgehead atoms. The zero-order valence-corrected chi connectivity index (χ0v) is 11.1. The number of rotatable bonds is 7. The second-order valence-corrected chi connectivity index (χ2v) is 4.98. The lowest BCUT2D eigenvalue weighted by Crippen LogP contribution is -2.38. The van der Waals surface area contributed by atoms with Crippen LogP contribution in [-0.4, -0.2) is 27.8 Å². The van der Waals surface area contributed by atoms with Crippen LogP contribution >= 0.6 is 11.8 Å². The normalized spacial score (nSPS) is 15.0. The van der Waals surface area contributed by atoms with Crippen LogP contribution in [0.1, 0.15) is 32.0 Å². The third-order valence-electron chi connectivity index (χ3n) is 2.77. The van der Waals surface area contributed by atoms with Crippen LogP contribution in [0.25, 0.3) is 0 Å². The zero-order chi connectivity index (χ0) is 12.0. The molecule has 0 aliphatic carbocycles. The largest absolute Gasteiger partial charge is 0.271 e. The first kappa shape index (κ1) is 13.5. The summed E-state index contributed by atoms with van der Waals surface area (Å²) < 4.78 is 2.03. The molecule has 0 saturated heterocycles. The Morgan fingerprint density at radius 1 is 1.62 bits per heavy atom. The van der Waals surface area contributed by atoms with Crippen LogP contribution in [0.3, 0.4) is 0 Å². The van der Waals surface area contributed by atoms with Gasteiger partial charge in [-0.15, -0.1) is 0 Å². The summed E-state index contributed by atoms with van der Waals surface area (Å²) in [6.45, 7) is 4.35. The summed E-state index contributed by atoms with van der Waals surface area (Å²) >= 11 is 1.79. The Kier molecular flexibility index (Phi) is 5.87. The SMILES string of the molecule is CCC(C)n1ccc(CC(CSC)NN)n1. The molecule has 1 heterocycles. The van der Waals surface area contributed by atoms with Gasteiger partial charge in [0.25, 0.3) is 0 Å². The molecule has 0 aromatic carbocycles. The van der Waals surface area contributed by atoms with E-state index in [9.17, 15) is 0 Å². The van der Waals surface area contributed by atoms with E-state index in [1.54, 1.807) is 11.8 Å². The van der Waals surface area contributed by atoms with Crippen LogP contribution in [0.15, 0.2) is 12.3 Å². The van der Waals surface area contributed by atoms with E-state index in [2.05, 4.69) is 42.9 Å². The molecule has 0 fully saturated rings. The van der Waals surface area contributed by atoms with Crippen LogP contribution in [0, 0.1) is 0 Å². The second-order valence-electron chi connectivity index (χ2n) is 4.07. The predicted molar refractivity (Wildman–Crippen MR) is 70.4 cm³/mol.